The van der Waals surface area contributed by atoms with Crippen molar-refractivity contribution in [2.24, 2.45) is 11.8 Å². The maximum absolute atomic E-state index is 13.8. The second kappa shape index (κ2) is 8.25. The molecule has 0 spiro atoms. The Morgan fingerprint density at radius 2 is 1.71 bits per heavy atom. The zero-order valence-corrected chi connectivity index (χ0v) is 17.5. The Morgan fingerprint density at radius 1 is 0.968 bits per heavy atom. The maximum Gasteiger partial charge on any atom is 0.404 e. The van der Waals surface area contributed by atoms with E-state index in [1.807, 2.05) is 23.1 Å². The third kappa shape index (κ3) is 3.64. The van der Waals surface area contributed by atoms with Gasteiger partial charge in [0.25, 0.3) is 0 Å². The van der Waals surface area contributed by atoms with Gasteiger partial charge in [-0.05, 0) is 36.5 Å². The summed E-state index contributed by atoms with van der Waals surface area (Å²) in [4.78, 5) is 27.1. The van der Waals surface area contributed by atoms with Gasteiger partial charge in [0.2, 0.25) is 5.91 Å². The molecule has 0 aromatic heterocycles. The number of carbonyl (C=O) groups excluding carboxylic acids is 1. The number of carboxylic acid groups (broad SMARTS) is 1. The zero-order valence-electron chi connectivity index (χ0n) is 17.5. The third-order valence-corrected chi connectivity index (χ3v) is 7.30. The summed E-state index contributed by atoms with van der Waals surface area (Å²) < 4.78 is 0. The number of nitrogens with one attached hydrogen (secondary N) is 2. The average Bonchev–Trinajstić information content (AvgIpc) is 3.24. The van der Waals surface area contributed by atoms with Crippen LogP contribution in [0, 0.1) is 11.8 Å². The summed E-state index contributed by atoms with van der Waals surface area (Å²) in [5.74, 6) is 0.117. The van der Waals surface area contributed by atoms with Crippen LogP contribution in [-0.2, 0) is 4.79 Å². The molecule has 2 aromatic rings. The van der Waals surface area contributed by atoms with E-state index in [4.69, 9.17) is 0 Å². The molecular formula is C25H29N3O3. The van der Waals surface area contributed by atoms with E-state index >= 15 is 0 Å². The van der Waals surface area contributed by atoms with Gasteiger partial charge in [0.15, 0.2) is 0 Å². The van der Waals surface area contributed by atoms with Crippen molar-refractivity contribution in [3.8, 4) is 0 Å². The molecule has 31 heavy (non-hydrogen) atoms. The number of fused-ring (bicyclic) bond motifs is 3. The molecule has 6 nitrogen and oxygen atoms in total. The van der Waals surface area contributed by atoms with Crippen molar-refractivity contribution in [3.63, 3.8) is 0 Å². The number of hydrogen-bond donors (Lipinski definition) is 3. The molecule has 1 saturated heterocycles. The van der Waals surface area contributed by atoms with Crippen LogP contribution in [0.1, 0.15) is 55.3 Å². The second-order valence-corrected chi connectivity index (χ2v) is 9.00. The van der Waals surface area contributed by atoms with Gasteiger partial charge >= 0.3 is 6.09 Å². The Kier molecular flexibility index (Phi) is 5.30. The van der Waals surface area contributed by atoms with Crippen molar-refractivity contribution in [3.05, 3.63) is 65.7 Å². The van der Waals surface area contributed by atoms with E-state index in [1.165, 1.54) is 11.1 Å². The van der Waals surface area contributed by atoms with Crippen molar-refractivity contribution in [2.75, 3.05) is 11.9 Å². The van der Waals surface area contributed by atoms with Gasteiger partial charge in [-0.3, -0.25) is 4.79 Å². The van der Waals surface area contributed by atoms with E-state index in [1.54, 1.807) is 0 Å². The highest BCUT2D eigenvalue weighted by molar-refractivity contribution is 5.82. The minimum Gasteiger partial charge on any atom is -0.465 e. The van der Waals surface area contributed by atoms with E-state index in [-0.39, 0.29) is 35.9 Å². The second-order valence-electron chi connectivity index (χ2n) is 9.00. The molecule has 0 unspecified atom stereocenters. The number of para-hydroxylation sites is 1. The molecule has 2 aromatic carbocycles. The molecule has 6 heteroatoms. The van der Waals surface area contributed by atoms with Gasteiger partial charge in [0, 0.05) is 24.2 Å². The Hall–Kier alpha value is -3.02. The number of anilines is 1. The van der Waals surface area contributed by atoms with Gasteiger partial charge in [-0.25, -0.2) is 4.79 Å². The molecule has 5 rings (SSSR count). The maximum atomic E-state index is 13.8. The summed E-state index contributed by atoms with van der Waals surface area (Å²) in [7, 11) is 0. The molecule has 0 radical (unpaired) electrons. The SMILES string of the molecule is O=C(O)N[C@@H]1CCCC[C@@H]1C(=O)N1CC[C@H]2[C@@H](c3ccccc3)Nc3ccccc3[C@H]21. The molecule has 2 heterocycles. The molecule has 162 valence electrons. The van der Waals surface area contributed by atoms with Crippen LogP contribution in [0.25, 0.3) is 0 Å². The molecule has 3 aliphatic rings. The van der Waals surface area contributed by atoms with E-state index in [0.717, 1.165) is 37.8 Å². The summed E-state index contributed by atoms with van der Waals surface area (Å²) in [6.07, 6.45) is 3.31. The quantitative estimate of drug-likeness (QED) is 0.681. The highest BCUT2D eigenvalue weighted by atomic mass is 16.4. The van der Waals surface area contributed by atoms with Crippen LogP contribution in [0.15, 0.2) is 54.6 Å². The fourth-order valence-electron chi connectivity index (χ4n) is 5.93. The number of carbonyl (C=O) groups is 2. The number of rotatable bonds is 3. The minimum atomic E-state index is -1.04. The lowest BCUT2D eigenvalue weighted by molar-refractivity contribution is -0.138. The molecular weight excluding hydrogens is 390 g/mol. The number of hydrogen-bond acceptors (Lipinski definition) is 3. The summed E-state index contributed by atoms with van der Waals surface area (Å²) in [5, 5.41) is 15.6. The molecule has 1 saturated carbocycles. The Morgan fingerprint density at radius 3 is 2.52 bits per heavy atom. The normalized spacial score (nSPS) is 29.4. The molecule has 2 fully saturated rings. The van der Waals surface area contributed by atoms with E-state index < -0.39 is 6.09 Å². The molecule has 5 atom stereocenters. The first kappa shape index (κ1) is 19.9. The fourth-order valence-corrected chi connectivity index (χ4v) is 5.93. The lowest BCUT2D eigenvalue weighted by Gasteiger charge is -2.42. The van der Waals surface area contributed by atoms with Crippen molar-refractivity contribution in [1.29, 1.82) is 0 Å². The van der Waals surface area contributed by atoms with Gasteiger partial charge in [0.05, 0.1) is 18.0 Å². The topological polar surface area (TPSA) is 81.7 Å². The van der Waals surface area contributed by atoms with Crippen LogP contribution in [-0.4, -0.2) is 34.6 Å². The molecule has 3 N–H and O–H groups in total. The highest BCUT2D eigenvalue weighted by Crippen LogP contribution is 2.51. The van der Waals surface area contributed by atoms with Gasteiger partial charge in [-0.1, -0.05) is 61.4 Å². The van der Waals surface area contributed by atoms with Crippen molar-refractivity contribution in [1.82, 2.24) is 10.2 Å². The number of likely N-dealkylation sites (tertiary alicyclic amines) is 1. The van der Waals surface area contributed by atoms with Crippen LogP contribution in [0.5, 0.6) is 0 Å². The standard InChI is InChI=1S/C25H29N3O3/c29-24(18-11-5-7-13-21(18)27-25(30)31)28-15-14-19-22(16-8-2-1-3-9-16)26-20-12-6-4-10-17(20)23(19)28/h1-4,6,8-10,12,18-19,21-23,26-27H,5,7,11,13-15H2,(H,30,31)/t18-,19-,21+,22+,23+/m0/s1. The van der Waals surface area contributed by atoms with Gasteiger partial charge < -0.3 is 20.6 Å². The summed E-state index contributed by atoms with van der Waals surface area (Å²) in [6.45, 7) is 0.712. The first-order valence-corrected chi connectivity index (χ1v) is 11.3. The van der Waals surface area contributed by atoms with Crippen LogP contribution < -0.4 is 10.6 Å². The first-order chi connectivity index (χ1) is 15.1. The number of amides is 2. The Bertz CT molecular complexity index is 963. The van der Waals surface area contributed by atoms with Crippen molar-refractivity contribution in [2.45, 2.75) is 50.2 Å². The molecule has 1 aliphatic carbocycles. The highest BCUT2D eigenvalue weighted by Gasteiger charge is 2.48. The van der Waals surface area contributed by atoms with E-state index in [2.05, 4.69) is 47.0 Å². The van der Waals surface area contributed by atoms with Crippen molar-refractivity contribution < 1.29 is 14.7 Å². The lowest BCUT2D eigenvalue weighted by atomic mass is 9.79. The number of nitrogens with zero attached hydrogens (tertiary/aromatic N) is 1. The first-order valence-electron chi connectivity index (χ1n) is 11.3. The predicted molar refractivity (Wildman–Crippen MR) is 119 cm³/mol. The van der Waals surface area contributed by atoms with Gasteiger partial charge in [0.1, 0.15) is 0 Å². The Labute approximate surface area is 182 Å². The average molecular weight is 420 g/mol. The summed E-state index contributed by atoms with van der Waals surface area (Å²) in [5.41, 5.74) is 3.50. The smallest absolute Gasteiger partial charge is 0.404 e. The predicted octanol–water partition coefficient (Wildman–Crippen LogP) is 4.57. The molecule has 2 amide bonds. The van der Waals surface area contributed by atoms with E-state index in [0.29, 0.717) is 6.54 Å². The van der Waals surface area contributed by atoms with Crippen LogP contribution in [0.2, 0.25) is 0 Å². The zero-order chi connectivity index (χ0) is 21.4. The van der Waals surface area contributed by atoms with E-state index in [9.17, 15) is 14.7 Å². The van der Waals surface area contributed by atoms with Gasteiger partial charge in [-0.15, -0.1) is 0 Å². The monoisotopic (exact) mass is 419 g/mol. The number of benzene rings is 2. The third-order valence-electron chi connectivity index (χ3n) is 7.30. The summed E-state index contributed by atoms with van der Waals surface area (Å²) in [6, 6.07) is 18.6. The largest absolute Gasteiger partial charge is 0.465 e. The van der Waals surface area contributed by atoms with Gasteiger partial charge in [-0.2, -0.15) is 0 Å². The minimum absolute atomic E-state index is 0.0163. The summed E-state index contributed by atoms with van der Waals surface area (Å²) >= 11 is 0. The fraction of sp³-hybridized carbons (Fsp3) is 0.440. The molecule has 0 bridgehead atoms. The Balaban J connectivity index is 1.48. The van der Waals surface area contributed by atoms with Crippen LogP contribution in [0.3, 0.4) is 0 Å². The lowest BCUT2D eigenvalue weighted by Crippen LogP contribution is -2.49. The van der Waals surface area contributed by atoms with Crippen molar-refractivity contribution >= 4 is 17.7 Å². The molecule has 2 aliphatic heterocycles. The van der Waals surface area contributed by atoms with Crippen LogP contribution in [0.4, 0.5) is 10.5 Å². The van der Waals surface area contributed by atoms with Crippen LogP contribution >= 0.6 is 0 Å².